The third-order valence-electron chi connectivity index (χ3n) is 4.70. The van der Waals surface area contributed by atoms with Gasteiger partial charge in [-0.3, -0.25) is 4.79 Å². The largest absolute Gasteiger partial charge is 0.390 e. The molecule has 2 aromatic carbocycles. The Bertz CT molecular complexity index is 893. The fraction of sp³-hybridized carbons (Fsp3) is 0.409. The molecule has 2 rings (SSSR count). The second-order valence-electron chi connectivity index (χ2n) is 7.82. The fourth-order valence-corrected chi connectivity index (χ4v) is 4.64. The van der Waals surface area contributed by atoms with Gasteiger partial charge in [-0.05, 0) is 37.0 Å². The van der Waals surface area contributed by atoms with Crippen molar-refractivity contribution in [1.29, 1.82) is 0 Å². The summed E-state index contributed by atoms with van der Waals surface area (Å²) in [5.74, 6) is 0.0922. The monoisotopic (exact) mass is 418 g/mol. The summed E-state index contributed by atoms with van der Waals surface area (Å²) in [6, 6.07) is 13.0. The van der Waals surface area contributed by atoms with Gasteiger partial charge in [0.2, 0.25) is 10.0 Å². The first kappa shape index (κ1) is 23.2. The summed E-state index contributed by atoms with van der Waals surface area (Å²) in [7, 11) is -3.74. The van der Waals surface area contributed by atoms with Crippen LogP contribution in [0.3, 0.4) is 0 Å². The molecule has 0 fully saturated rings. The number of benzene rings is 2. The van der Waals surface area contributed by atoms with Gasteiger partial charge in [0.05, 0.1) is 11.0 Å². The summed E-state index contributed by atoms with van der Waals surface area (Å²) >= 11 is 0. The molecule has 0 bridgehead atoms. The van der Waals surface area contributed by atoms with Crippen LogP contribution in [0, 0.1) is 12.8 Å². The fourth-order valence-electron chi connectivity index (χ4n) is 3.02. The van der Waals surface area contributed by atoms with Crippen LogP contribution in [0.15, 0.2) is 53.4 Å². The molecule has 0 aliphatic carbocycles. The zero-order chi connectivity index (χ0) is 21.6. The van der Waals surface area contributed by atoms with E-state index < -0.39 is 22.2 Å². The Balaban J connectivity index is 2.15. The Hall–Kier alpha value is -2.06. The third kappa shape index (κ3) is 6.47. The Labute approximate surface area is 173 Å². The van der Waals surface area contributed by atoms with E-state index >= 15 is 0 Å². The summed E-state index contributed by atoms with van der Waals surface area (Å²) in [6.07, 6.45) is 0.110. The van der Waals surface area contributed by atoms with E-state index in [1.54, 1.807) is 48.5 Å². The van der Waals surface area contributed by atoms with E-state index in [9.17, 15) is 18.3 Å². The first-order valence-corrected chi connectivity index (χ1v) is 11.1. The van der Waals surface area contributed by atoms with E-state index in [-0.39, 0.29) is 23.9 Å². The Morgan fingerprint density at radius 2 is 1.62 bits per heavy atom. The summed E-state index contributed by atoms with van der Waals surface area (Å²) in [6.45, 7) is 5.96. The molecule has 0 spiro atoms. The molecule has 0 aliphatic heterocycles. The second-order valence-corrected chi connectivity index (χ2v) is 9.76. The molecule has 0 radical (unpaired) electrons. The molecule has 0 aliphatic rings. The molecular formula is C22H30N2O4S. The van der Waals surface area contributed by atoms with Gasteiger partial charge in [0.1, 0.15) is 6.29 Å². The summed E-state index contributed by atoms with van der Waals surface area (Å²) in [5, 5.41) is 10.6. The van der Waals surface area contributed by atoms with Crippen molar-refractivity contribution in [3.8, 4) is 0 Å². The van der Waals surface area contributed by atoms with E-state index in [1.165, 1.54) is 4.31 Å². The molecule has 0 amide bonds. The molecule has 0 saturated heterocycles. The van der Waals surface area contributed by atoms with Crippen LogP contribution in [0.1, 0.15) is 35.3 Å². The topological polar surface area (TPSA) is 101 Å². The molecular weight excluding hydrogens is 388 g/mol. The average Bonchev–Trinajstić information content (AvgIpc) is 2.68. The number of aldehydes is 1. The van der Waals surface area contributed by atoms with Crippen LogP contribution in [0.2, 0.25) is 0 Å². The van der Waals surface area contributed by atoms with Crippen LogP contribution >= 0.6 is 0 Å². The molecule has 1 unspecified atom stereocenters. The number of sulfonamides is 1. The highest BCUT2D eigenvalue weighted by atomic mass is 32.2. The molecule has 6 nitrogen and oxygen atoms in total. The van der Waals surface area contributed by atoms with Crippen molar-refractivity contribution in [2.45, 2.75) is 44.2 Å². The first-order valence-electron chi connectivity index (χ1n) is 9.68. The van der Waals surface area contributed by atoms with Gasteiger partial charge in [-0.25, -0.2) is 8.42 Å². The molecule has 2 atom stereocenters. The van der Waals surface area contributed by atoms with Crippen LogP contribution in [0.4, 0.5) is 0 Å². The number of aryl methyl sites for hydroxylation is 1. The minimum Gasteiger partial charge on any atom is -0.390 e. The quantitative estimate of drug-likeness (QED) is 0.577. The molecule has 0 aromatic heterocycles. The SMILES string of the molecule is Cc1ccc(S(=O)(=O)N(CC(C)C)C[C@@H](O)C(N)Cc2ccc(C=O)cc2)cc1. The standard InChI is InChI=1S/C22H30N2O4S/c1-16(2)13-24(29(27,28)20-10-4-17(3)5-11-20)14-22(26)21(23)12-18-6-8-19(15-25)9-7-18/h4-11,15-16,21-22,26H,12-14,23H2,1-3H3/t21?,22-/m1/s1. The van der Waals surface area contributed by atoms with Gasteiger partial charge in [-0.2, -0.15) is 4.31 Å². The number of hydrogen-bond donors (Lipinski definition) is 2. The summed E-state index contributed by atoms with van der Waals surface area (Å²) in [5.41, 5.74) is 8.57. The molecule has 158 valence electrons. The van der Waals surface area contributed by atoms with Crippen LogP contribution in [-0.2, 0) is 16.4 Å². The van der Waals surface area contributed by atoms with Gasteiger partial charge in [0, 0.05) is 24.7 Å². The van der Waals surface area contributed by atoms with E-state index in [0.29, 0.717) is 12.0 Å². The maximum atomic E-state index is 13.1. The maximum Gasteiger partial charge on any atom is 0.243 e. The first-order chi connectivity index (χ1) is 13.6. The summed E-state index contributed by atoms with van der Waals surface area (Å²) < 4.78 is 27.5. The van der Waals surface area contributed by atoms with E-state index in [0.717, 1.165) is 17.4 Å². The van der Waals surface area contributed by atoms with Gasteiger partial charge < -0.3 is 10.8 Å². The number of carbonyl (C=O) groups is 1. The number of aliphatic hydroxyl groups is 1. The maximum absolute atomic E-state index is 13.1. The molecule has 2 aromatic rings. The van der Waals surface area contributed by atoms with Crippen molar-refractivity contribution in [1.82, 2.24) is 4.31 Å². The normalized spacial score (nSPS) is 14.2. The highest BCUT2D eigenvalue weighted by Crippen LogP contribution is 2.19. The van der Waals surface area contributed by atoms with Crippen molar-refractivity contribution < 1.29 is 18.3 Å². The summed E-state index contributed by atoms with van der Waals surface area (Å²) in [4.78, 5) is 11.0. The van der Waals surface area contributed by atoms with E-state index in [4.69, 9.17) is 5.73 Å². The number of hydrogen-bond acceptors (Lipinski definition) is 5. The van der Waals surface area contributed by atoms with E-state index in [2.05, 4.69) is 0 Å². The molecule has 7 heteroatoms. The van der Waals surface area contributed by atoms with Crippen LogP contribution in [-0.4, -0.2) is 49.4 Å². The molecule has 0 heterocycles. The van der Waals surface area contributed by atoms with Gasteiger partial charge >= 0.3 is 0 Å². The van der Waals surface area contributed by atoms with Crippen molar-refractivity contribution in [3.05, 3.63) is 65.2 Å². The average molecular weight is 419 g/mol. The number of nitrogens with two attached hydrogens (primary N) is 1. The van der Waals surface area contributed by atoms with Crippen molar-refractivity contribution in [2.75, 3.05) is 13.1 Å². The zero-order valence-corrected chi connectivity index (χ0v) is 18.0. The van der Waals surface area contributed by atoms with Crippen molar-refractivity contribution in [2.24, 2.45) is 11.7 Å². The number of carbonyl (C=O) groups excluding carboxylic acids is 1. The van der Waals surface area contributed by atoms with Crippen LogP contribution in [0.5, 0.6) is 0 Å². The Morgan fingerprint density at radius 1 is 1.03 bits per heavy atom. The van der Waals surface area contributed by atoms with Gasteiger partial charge in [-0.15, -0.1) is 0 Å². The minimum atomic E-state index is -3.74. The Kier molecular flexibility index (Phi) is 8.10. The zero-order valence-electron chi connectivity index (χ0n) is 17.2. The van der Waals surface area contributed by atoms with Crippen LogP contribution in [0.25, 0.3) is 0 Å². The predicted molar refractivity (Wildman–Crippen MR) is 114 cm³/mol. The van der Waals surface area contributed by atoms with Gasteiger partial charge in [0.25, 0.3) is 0 Å². The second kappa shape index (κ2) is 10.1. The molecule has 29 heavy (non-hydrogen) atoms. The lowest BCUT2D eigenvalue weighted by Crippen LogP contribution is -2.47. The number of nitrogens with zero attached hydrogens (tertiary/aromatic N) is 1. The number of aliphatic hydroxyl groups excluding tert-OH is 1. The predicted octanol–water partition coefficient (Wildman–Crippen LogP) is 2.39. The Morgan fingerprint density at radius 3 is 2.14 bits per heavy atom. The lowest BCUT2D eigenvalue weighted by molar-refractivity contribution is 0.112. The molecule has 3 N–H and O–H groups in total. The van der Waals surface area contributed by atoms with Crippen molar-refractivity contribution in [3.63, 3.8) is 0 Å². The highest BCUT2D eigenvalue weighted by Gasteiger charge is 2.29. The lowest BCUT2D eigenvalue weighted by Gasteiger charge is -2.28. The van der Waals surface area contributed by atoms with Crippen LogP contribution < -0.4 is 5.73 Å². The van der Waals surface area contributed by atoms with E-state index in [1.807, 2.05) is 20.8 Å². The van der Waals surface area contributed by atoms with Crippen molar-refractivity contribution >= 4 is 16.3 Å². The van der Waals surface area contributed by atoms with Gasteiger partial charge in [-0.1, -0.05) is 55.8 Å². The molecule has 0 saturated carbocycles. The minimum absolute atomic E-state index is 0.0814. The number of rotatable bonds is 10. The lowest BCUT2D eigenvalue weighted by atomic mass is 10.0. The smallest absolute Gasteiger partial charge is 0.243 e. The third-order valence-corrected chi connectivity index (χ3v) is 6.55. The van der Waals surface area contributed by atoms with Gasteiger partial charge in [0.15, 0.2) is 0 Å². The highest BCUT2D eigenvalue weighted by molar-refractivity contribution is 7.89.